The molecule has 1 aliphatic rings. The van der Waals surface area contributed by atoms with E-state index in [1.807, 2.05) is 6.92 Å². The van der Waals surface area contributed by atoms with Gasteiger partial charge in [-0.05, 0) is 31.0 Å². The highest BCUT2D eigenvalue weighted by atomic mass is 19.1. The Morgan fingerprint density at radius 3 is 2.88 bits per heavy atom. The van der Waals surface area contributed by atoms with Gasteiger partial charge in [-0.25, -0.2) is 4.39 Å². The van der Waals surface area contributed by atoms with Crippen molar-refractivity contribution in [1.29, 1.82) is 0 Å². The van der Waals surface area contributed by atoms with Crippen molar-refractivity contribution in [2.24, 2.45) is 11.1 Å². The van der Waals surface area contributed by atoms with Gasteiger partial charge < -0.3 is 25.6 Å². The topological polar surface area (TPSA) is 96.0 Å². The minimum Gasteiger partial charge on any atom is -0.491 e. The van der Waals surface area contributed by atoms with E-state index in [9.17, 15) is 19.4 Å². The predicted molar refractivity (Wildman–Crippen MR) is 91.9 cm³/mol. The van der Waals surface area contributed by atoms with E-state index in [4.69, 9.17) is 10.5 Å². The monoisotopic (exact) mass is 354 g/mol. The van der Waals surface area contributed by atoms with Crippen molar-refractivity contribution in [1.82, 2.24) is 4.90 Å². The van der Waals surface area contributed by atoms with E-state index < -0.39 is 23.2 Å². The molecular formula is C18H27FN2O4. The Morgan fingerprint density at radius 2 is 2.28 bits per heavy atom. The van der Waals surface area contributed by atoms with E-state index in [1.165, 1.54) is 17.0 Å². The Hall–Kier alpha value is -1.70. The van der Waals surface area contributed by atoms with Crippen LogP contribution in [0.4, 0.5) is 4.39 Å². The summed E-state index contributed by atoms with van der Waals surface area (Å²) in [6, 6.07) is 3.78. The lowest BCUT2D eigenvalue weighted by molar-refractivity contribution is -0.0713. The quantitative estimate of drug-likeness (QED) is 0.683. The minimum atomic E-state index is -0.822. The standard InChI is InChI=1S/C18H27FN2O4/c1-2-5-18(12-22)6-8-21(11-16(18)23)17(24)14-10-13(19)3-4-15(14)25-9-7-20/h3-4,10,16,22-23H,2,5-9,11-12,20H2,1H3/t16-,18+/m0/s1. The number of ether oxygens (including phenoxy) is 1. The van der Waals surface area contributed by atoms with Gasteiger partial charge in [0.05, 0.1) is 18.3 Å². The maximum absolute atomic E-state index is 13.6. The highest BCUT2D eigenvalue weighted by Crippen LogP contribution is 2.36. The maximum atomic E-state index is 13.6. The summed E-state index contributed by atoms with van der Waals surface area (Å²) in [5, 5.41) is 20.2. The van der Waals surface area contributed by atoms with Crippen LogP contribution < -0.4 is 10.5 Å². The zero-order valence-corrected chi connectivity index (χ0v) is 14.6. The fraction of sp³-hybridized carbons (Fsp3) is 0.611. The number of nitrogens with two attached hydrogens (primary N) is 1. The van der Waals surface area contributed by atoms with E-state index in [-0.39, 0.29) is 37.6 Å². The van der Waals surface area contributed by atoms with Crippen molar-refractivity contribution in [3.05, 3.63) is 29.6 Å². The molecule has 25 heavy (non-hydrogen) atoms. The van der Waals surface area contributed by atoms with Crippen LogP contribution in [0.2, 0.25) is 0 Å². The molecule has 1 saturated heterocycles. The second-order valence-electron chi connectivity index (χ2n) is 6.57. The predicted octanol–water partition coefficient (Wildman–Crippen LogP) is 1.15. The number of benzene rings is 1. The Kier molecular flexibility index (Phi) is 6.75. The number of aliphatic hydroxyl groups excluding tert-OH is 2. The molecule has 0 spiro atoms. The molecule has 1 fully saturated rings. The van der Waals surface area contributed by atoms with Crippen LogP contribution in [-0.4, -0.2) is 60.0 Å². The first-order valence-electron chi connectivity index (χ1n) is 8.68. The number of aliphatic hydroxyl groups is 2. The van der Waals surface area contributed by atoms with Crippen molar-refractivity contribution in [2.45, 2.75) is 32.3 Å². The molecule has 0 aromatic heterocycles. The highest BCUT2D eigenvalue weighted by Gasteiger charge is 2.42. The normalized spacial score (nSPS) is 23.6. The van der Waals surface area contributed by atoms with Crippen molar-refractivity contribution in [3.8, 4) is 5.75 Å². The number of carbonyl (C=O) groups is 1. The summed E-state index contributed by atoms with van der Waals surface area (Å²) >= 11 is 0. The molecule has 0 bridgehead atoms. The third-order valence-corrected chi connectivity index (χ3v) is 4.88. The van der Waals surface area contributed by atoms with Gasteiger partial charge in [-0.15, -0.1) is 0 Å². The summed E-state index contributed by atoms with van der Waals surface area (Å²) in [5.41, 5.74) is 4.96. The molecule has 2 atom stereocenters. The van der Waals surface area contributed by atoms with Gasteiger partial charge in [0.2, 0.25) is 0 Å². The number of piperidine rings is 1. The number of hydrogen-bond acceptors (Lipinski definition) is 5. The largest absolute Gasteiger partial charge is 0.491 e. The van der Waals surface area contributed by atoms with Crippen LogP contribution in [0.15, 0.2) is 18.2 Å². The summed E-state index contributed by atoms with van der Waals surface area (Å²) in [6.45, 7) is 2.88. The lowest BCUT2D eigenvalue weighted by Gasteiger charge is -2.44. The molecule has 1 amide bonds. The number of nitrogens with zero attached hydrogens (tertiary/aromatic N) is 1. The third-order valence-electron chi connectivity index (χ3n) is 4.88. The number of β-amino-alcohol motifs (C(OH)–C–C–N with tert-alkyl or cyclic N) is 1. The smallest absolute Gasteiger partial charge is 0.257 e. The number of rotatable bonds is 7. The van der Waals surface area contributed by atoms with Crippen molar-refractivity contribution in [2.75, 3.05) is 32.8 Å². The van der Waals surface area contributed by atoms with E-state index in [0.717, 1.165) is 12.5 Å². The van der Waals surface area contributed by atoms with Crippen LogP contribution in [0.1, 0.15) is 36.5 Å². The van der Waals surface area contributed by atoms with Crippen molar-refractivity contribution < 1.29 is 24.1 Å². The molecule has 0 unspecified atom stereocenters. The Balaban J connectivity index is 2.18. The molecule has 1 heterocycles. The van der Waals surface area contributed by atoms with Gasteiger partial charge in [-0.3, -0.25) is 4.79 Å². The van der Waals surface area contributed by atoms with Crippen LogP contribution in [0.3, 0.4) is 0 Å². The van der Waals surface area contributed by atoms with E-state index in [1.54, 1.807) is 0 Å². The second-order valence-corrected chi connectivity index (χ2v) is 6.57. The molecule has 0 aliphatic carbocycles. The number of carbonyl (C=O) groups excluding carboxylic acids is 1. The molecule has 7 heteroatoms. The van der Waals surface area contributed by atoms with Crippen LogP contribution in [0.25, 0.3) is 0 Å². The van der Waals surface area contributed by atoms with Gasteiger partial charge in [0.15, 0.2) is 0 Å². The van der Waals surface area contributed by atoms with Crippen molar-refractivity contribution in [3.63, 3.8) is 0 Å². The molecule has 0 saturated carbocycles. The maximum Gasteiger partial charge on any atom is 0.257 e. The Bertz CT molecular complexity index is 598. The summed E-state index contributed by atoms with van der Waals surface area (Å²) < 4.78 is 19.1. The fourth-order valence-corrected chi connectivity index (χ4v) is 3.39. The third kappa shape index (κ3) is 4.29. The number of likely N-dealkylation sites (tertiary alicyclic amines) is 1. The summed E-state index contributed by atoms with van der Waals surface area (Å²) in [7, 11) is 0. The minimum absolute atomic E-state index is 0.103. The molecule has 2 rings (SSSR count). The Labute approximate surface area is 147 Å². The molecular weight excluding hydrogens is 327 g/mol. The van der Waals surface area contributed by atoms with E-state index in [2.05, 4.69) is 0 Å². The van der Waals surface area contributed by atoms with Crippen molar-refractivity contribution >= 4 is 5.91 Å². The molecule has 140 valence electrons. The summed E-state index contributed by atoms with van der Waals surface area (Å²) in [4.78, 5) is 14.3. The molecule has 1 aromatic rings. The van der Waals surface area contributed by atoms with Gasteiger partial charge in [0, 0.05) is 25.0 Å². The average molecular weight is 354 g/mol. The van der Waals surface area contributed by atoms with Gasteiger partial charge in [-0.1, -0.05) is 13.3 Å². The second kappa shape index (κ2) is 8.60. The first-order valence-corrected chi connectivity index (χ1v) is 8.68. The fourth-order valence-electron chi connectivity index (χ4n) is 3.39. The molecule has 0 radical (unpaired) electrons. The van der Waals surface area contributed by atoms with Gasteiger partial charge in [-0.2, -0.15) is 0 Å². The lowest BCUT2D eigenvalue weighted by atomic mass is 9.73. The van der Waals surface area contributed by atoms with Gasteiger partial charge in [0.1, 0.15) is 18.2 Å². The first kappa shape index (κ1) is 19.6. The first-order chi connectivity index (χ1) is 12.0. The van der Waals surface area contributed by atoms with Gasteiger partial charge >= 0.3 is 0 Å². The molecule has 1 aliphatic heterocycles. The number of hydrogen-bond donors (Lipinski definition) is 3. The Morgan fingerprint density at radius 1 is 1.52 bits per heavy atom. The highest BCUT2D eigenvalue weighted by molar-refractivity contribution is 5.97. The molecule has 6 nitrogen and oxygen atoms in total. The average Bonchev–Trinajstić information content (AvgIpc) is 2.62. The van der Waals surface area contributed by atoms with E-state index in [0.29, 0.717) is 19.4 Å². The van der Waals surface area contributed by atoms with Gasteiger partial charge in [0.25, 0.3) is 5.91 Å². The van der Waals surface area contributed by atoms with Crippen LogP contribution in [-0.2, 0) is 0 Å². The summed E-state index contributed by atoms with van der Waals surface area (Å²) in [5.74, 6) is -0.649. The summed E-state index contributed by atoms with van der Waals surface area (Å²) in [6.07, 6.45) is 1.21. The lowest BCUT2D eigenvalue weighted by Crippen LogP contribution is -2.54. The number of amides is 1. The number of halogens is 1. The molecule has 1 aromatic carbocycles. The van der Waals surface area contributed by atoms with Crippen LogP contribution in [0, 0.1) is 11.2 Å². The molecule has 4 N–H and O–H groups in total. The van der Waals surface area contributed by atoms with E-state index >= 15 is 0 Å². The zero-order chi connectivity index (χ0) is 18.4. The van der Waals surface area contributed by atoms with Crippen LogP contribution >= 0.6 is 0 Å². The zero-order valence-electron chi connectivity index (χ0n) is 14.6. The van der Waals surface area contributed by atoms with Crippen LogP contribution in [0.5, 0.6) is 5.75 Å². The SMILES string of the molecule is CCC[C@]1(CO)CCN(C(=O)c2cc(F)ccc2OCCN)C[C@@H]1O.